The highest BCUT2D eigenvalue weighted by Gasteiger charge is 2.39. The highest BCUT2D eigenvalue weighted by atomic mass is 35.5. The summed E-state index contributed by atoms with van der Waals surface area (Å²) >= 11 is 0. The molecular formula is C8H11ClF3N3O. The van der Waals surface area contributed by atoms with Gasteiger partial charge in [-0.2, -0.15) is 18.2 Å². The van der Waals surface area contributed by atoms with Gasteiger partial charge in [-0.15, -0.1) is 12.4 Å². The number of hydrogen-bond donors (Lipinski definition) is 1. The molecule has 0 aliphatic carbocycles. The lowest BCUT2D eigenvalue weighted by atomic mass is 9.99. The van der Waals surface area contributed by atoms with E-state index in [2.05, 4.69) is 20.0 Å². The van der Waals surface area contributed by atoms with E-state index in [1.54, 1.807) is 0 Å². The first kappa shape index (κ1) is 13.2. The number of piperidine rings is 1. The number of nitrogens with one attached hydrogen (secondary N) is 1. The molecule has 1 N–H and O–H groups in total. The Balaban J connectivity index is 0.00000128. The summed E-state index contributed by atoms with van der Waals surface area (Å²) in [6.45, 7) is 1.50. The van der Waals surface area contributed by atoms with Crippen LogP contribution in [0.1, 0.15) is 30.5 Å². The first-order chi connectivity index (χ1) is 7.07. The zero-order valence-corrected chi connectivity index (χ0v) is 9.07. The summed E-state index contributed by atoms with van der Waals surface area (Å²) in [5.74, 6) is -1.18. The molecule has 0 aromatic carbocycles. The molecule has 0 radical (unpaired) electrons. The fraction of sp³-hybridized carbons (Fsp3) is 0.750. The second-order valence-electron chi connectivity index (χ2n) is 3.50. The van der Waals surface area contributed by atoms with Crippen molar-refractivity contribution in [1.29, 1.82) is 0 Å². The highest BCUT2D eigenvalue weighted by molar-refractivity contribution is 5.85. The third-order valence-electron chi connectivity index (χ3n) is 2.35. The minimum Gasteiger partial charge on any atom is -0.329 e. The summed E-state index contributed by atoms with van der Waals surface area (Å²) in [5.41, 5.74) is 0. The van der Waals surface area contributed by atoms with Crippen molar-refractivity contribution in [3.63, 3.8) is 0 Å². The maximum Gasteiger partial charge on any atom is 0.471 e. The molecule has 1 saturated heterocycles. The van der Waals surface area contributed by atoms with Crippen molar-refractivity contribution in [1.82, 2.24) is 15.5 Å². The third kappa shape index (κ3) is 2.85. The van der Waals surface area contributed by atoms with Crippen LogP contribution in [-0.4, -0.2) is 23.2 Å². The van der Waals surface area contributed by atoms with Gasteiger partial charge in [0.15, 0.2) is 5.82 Å². The average molecular weight is 258 g/mol. The Morgan fingerprint density at radius 1 is 1.38 bits per heavy atom. The summed E-state index contributed by atoms with van der Waals surface area (Å²) < 4.78 is 40.6. The van der Waals surface area contributed by atoms with Gasteiger partial charge < -0.3 is 9.84 Å². The summed E-state index contributed by atoms with van der Waals surface area (Å²) in [7, 11) is 0. The van der Waals surface area contributed by atoms with E-state index in [0.29, 0.717) is 6.54 Å². The molecule has 1 aromatic rings. The van der Waals surface area contributed by atoms with E-state index >= 15 is 0 Å². The Bertz CT molecular complexity index is 336. The lowest BCUT2D eigenvalue weighted by Crippen LogP contribution is -2.29. The highest BCUT2D eigenvalue weighted by Crippen LogP contribution is 2.29. The van der Waals surface area contributed by atoms with Crippen LogP contribution in [0.15, 0.2) is 4.52 Å². The lowest BCUT2D eigenvalue weighted by molar-refractivity contribution is -0.159. The van der Waals surface area contributed by atoms with E-state index in [4.69, 9.17) is 0 Å². The SMILES string of the molecule is Cl.FC(F)(F)c1nc(C2CCCNC2)no1. The van der Waals surface area contributed by atoms with Crippen molar-refractivity contribution in [2.45, 2.75) is 24.9 Å². The molecule has 92 valence electrons. The molecule has 0 spiro atoms. The smallest absolute Gasteiger partial charge is 0.329 e. The van der Waals surface area contributed by atoms with Crippen molar-refractivity contribution >= 4 is 12.4 Å². The van der Waals surface area contributed by atoms with Crippen molar-refractivity contribution in [3.8, 4) is 0 Å². The first-order valence-electron chi connectivity index (χ1n) is 4.69. The molecule has 4 nitrogen and oxygen atoms in total. The van der Waals surface area contributed by atoms with Crippen molar-refractivity contribution in [3.05, 3.63) is 11.7 Å². The van der Waals surface area contributed by atoms with E-state index in [-0.39, 0.29) is 24.1 Å². The van der Waals surface area contributed by atoms with Crippen LogP contribution >= 0.6 is 12.4 Å². The zero-order valence-electron chi connectivity index (χ0n) is 8.25. The predicted molar refractivity (Wildman–Crippen MR) is 51.4 cm³/mol. The van der Waals surface area contributed by atoms with Crippen LogP contribution in [0.4, 0.5) is 13.2 Å². The topological polar surface area (TPSA) is 51.0 Å². The lowest BCUT2D eigenvalue weighted by Gasteiger charge is -2.19. The average Bonchev–Trinajstić information content (AvgIpc) is 2.67. The molecule has 0 amide bonds. The molecule has 1 aliphatic heterocycles. The number of halogens is 4. The van der Waals surface area contributed by atoms with Gasteiger partial charge in [0, 0.05) is 12.5 Å². The molecule has 2 rings (SSSR count). The van der Waals surface area contributed by atoms with Gasteiger partial charge in [-0.1, -0.05) is 5.16 Å². The fourth-order valence-electron chi connectivity index (χ4n) is 1.59. The van der Waals surface area contributed by atoms with Gasteiger partial charge in [-0.3, -0.25) is 0 Å². The number of nitrogens with zero attached hydrogens (tertiary/aromatic N) is 2. The van der Waals surface area contributed by atoms with E-state index in [9.17, 15) is 13.2 Å². The van der Waals surface area contributed by atoms with Gasteiger partial charge in [0.1, 0.15) is 0 Å². The van der Waals surface area contributed by atoms with Crippen LogP contribution in [0, 0.1) is 0 Å². The fourth-order valence-corrected chi connectivity index (χ4v) is 1.59. The van der Waals surface area contributed by atoms with Crippen LogP contribution < -0.4 is 5.32 Å². The molecule has 8 heteroatoms. The summed E-state index contributed by atoms with van der Waals surface area (Å²) in [6, 6.07) is 0. The summed E-state index contributed by atoms with van der Waals surface area (Å²) in [4.78, 5) is 3.36. The molecule has 1 unspecified atom stereocenters. The van der Waals surface area contributed by atoms with Gasteiger partial charge in [0.25, 0.3) is 0 Å². The van der Waals surface area contributed by atoms with Crippen LogP contribution in [0.5, 0.6) is 0 Å². The Hall–Kier alpha value is -0.820. The molecule has 1 aromatic heterocycles. The molecule has 1 atom stereocenters. The molecule has 1 aliphatic rings. The Morgan fingerprint density at radius 2 is 2.12 bits per heavy atom. The molecule has 1 fully saturated rings. The standard InChI is InChI=1S/C8H10F3N3O.ClH/c9-8(10,11)7-13-6(14-15-7)5-2-1-3-12-4-5;/h5,12H,1-4H2;1H. The van der Waals surface area contributed by atoms with Crippen LogP contribution in [-0.2, 0) is 6.18 Å². The third-order valence-corrected chi connectivity index (χ3v) is 2.35. The summed E-state index contributed by atoms with van der Waals surface area (Å²) in [5, 5.41) is 6.44. The number of rotatable bonds is 1. The van der Waals surface area contributed by atoms with Crippen molar-refractivity contribution in [2.24, 2.45) is 0 Å². The Kier molecular flexibility index (Phi) is 4.15. The molecule has 2 heterocycles. The number of hydrogen-bond acceptors (Lipinski definition) is 4. The Morgan fingerprint density at radius 3 is 2.62 bits per heavy atom. The van der Waals surface area contributed by atoms with E-state index in [1.165, 1.54) is 0 Å². The monoisotopic (exact) mass is 257 g/mol. The quantitative estimate of drug-likeness (QED) is 0.836. The van der Waals surface area contributed by atoms with Gasteiger partial charge >= 0.3 is 12.1 Å². The van der Waals surface area contributed by atoms with Crippen LogP contribution in [0.3, 0.4) is 0 Å². The van der Waals surface area contributed by atoms with Gasteiger partial charge in [-0.25, -0.2) is 0 Å². The summed E-state index contributed by atoms with van der Waals surface area (Å²) in [6.07, 6.45) is -2.84. The maximum absolute atomic E-state index is 12.2. The van der Waals surface area contributed by atoms with E-state index in [1.807, 2.05) is 0 Å². The van der Waals surface area contributed by atoms with Crippen molar-refractivity contribution < 1.29 is 17.7 Å². The number of alkyl halides is 3. The second kappa shape index (κ2) is 5.01. The van der Waals surface area contributed by atoms with Gasteiger partial charge in [0.05, 0.1) is 0 Å². The van der Waals surface area contributed by atoms with Crippen LogP contribution in [0.2, 0.25) is 0 Å². The largest absolute Gasteiger partial charge is 0.471 e. The Labute approximate surface area is 96.0 Å². The van der Waals surface area contributed by atoms with Gasteiger partial charge in [0.2, 0.25) is 0 Å². The normalized spacial score (nSPS) is 21.6. The van der Waals surface area contributed by atoms with Gasteiger partial charge in [-0.05, 0) is 19.4 Å². The number of aromatic nitrogens is 2. The van der Waals surface area contributed by atoms with E-state index < -0.39 is 12.1 Å². The van der Waals surface area contributed by atoms with Crippen LogP contribution in [0.25, 0.3) is 0 Å². The second-order valence-corrected chi connectivity index (χ2v) is 3.50. The van der Waals surface area contributed by atoms with E-state index in [0.717, 1.165) is 19.4 Å². The molecule has 16 heavy (non-hydrogen) atoms. The molecule has 0 bridgehead atoms. The van der Waals surface area contributed by atoms with Crippen molar-refractivity contribution in [2.75, 3.05) is 13.1 Å². The molecular weight excluding hydrogens is 247 g/mol. The zero-order chi connectivity index (χ0) is 10.9. The predicted octanol–water partition coefficient (Wildman–Crippen LogP) is 1.98. The molecule has 0 saturated carbocycles. The first-order valence-corrected chi connectivity index (χ1v) is 4.69. The minimum atomic E-state index is -4.55. The minimum absolute atomic E-state index is 0. The maximum atomic E-state index is 12.2.